The minimum absolute atomic E-state index is 0.0353. The van der Waals surface area contributed by atoms with Gasteiger partial charge in [-0.25, -0.2) is 17.2 Å². The van der Waals surface area contributed by atoms with Crippen LogP contribution in [-0.2, 0) is 10.1 Å². The zero-order valence-corrected chi connectivity index (χ0v) is 20.7. The summed E-state index contributed by atoms with van der Waals surface area (Å²) in [5.41, 5.74) is 1.47. The highest BCUT2D eigenvalue weighted by molar-refractivity contribution is 7.85. The lowest BCUT2D eigenvalue weighted by Gasteiger charge is -2.30. The van der Waals surface area contributed by atoms with Crippen LogP contribution in [0.15, 0.2) is 17.0 Å². The van der Waals surface area contributed by atoms with Crippen LogP contribution in [0.25, 0.3) is 0 Å². The zero-order chi connectivity index (χ0) is 26.2. The molecule has 0 heterocycles. The summed E-state index contributed by atoms with van der Waals surface area (Å²) in [5, 5.41) is 0. The Labute approximate surface area is 207 Å². The third kappa shape index (κ3) is 5.16. The molecule has 5 nitrogen and oxygen atoms in total. The number of benzene rings is 2. The Bertz CT molecular complexity index is 1210. The zero-order valence-electron chi connectivity index (χ0n) is 19.8. The van der Waals surface area contributed by atoms with Crippen molar-refractivity contribution >= 4 is 15.9 Å². The maximum Gasteiger partial charge on any atom is 0.205 e. The standard InChI is InChI=1S/C26H28F4O5S/c1-14(31)17-12-18(15-8-4-2-5-9-15)24(19(13-17)16-10-6-3-7-11-16)35-25-20(27)22(29)26(36(32,33)34)23(30)21(25)28/h12-13,15-16H,2-11H2,1H3,(H,32,33,34)/p-1. The fourth-order valence-electron chi connectivity index (χ4n) is 5.43. The molecule has 0 atom stereocenters. The molecular formula is C26H27F4O5S-. The number of ketones is 1. The molecule has 2 fully saturated rings. The number of hydrogen-bond acceptors (Lipinski definition) is 5. The van der Waals surface area contributed by atoms with Gasteiger partial charge in [-0.2, -0.15) is 8.78 Å². The second kappa shape index (κ2) is 10.5. The molecule has 0 N–H and O–H groups in total. The van der Waals surface area contributed by atoms with Gasteiger partial charge in [0.1, 0.15) is 20.8 Å². The Hall–Kier alpha value is -2.46. The number of carbonyl (C=O) groups is 1. The molecule has 0 bridgehead atoms. The monoisotopic (exact) mass is 527 g/mol. The summed E-state index contributed by atoms with van der Waals surface area (Å²) in [6.07, 6.45) is 8.57. The molecule has 0 saturated heterocycles. The van der Waals surface area contributed by atoms with E-state index in [1.165, 1.54) is 6.92 Å². The van der Waals surface area contributed by atoms with Gasteiger partial charge < -0.3 is 9.29 Å². The first-order chi connectivity index (χ1) is 17.0. The molecular weight excluding hydrogens is 500 g/mol. The summed E-state index contributed by atoms with van der Waals surface area (Å²) < 4.78 is 98.1. The quantitative estimate of drug-likeness (QED) is 0.171. The Balaban J connectivity index is 1.95. The summed E-state index contributed by atoms with van der Waals surface area (Å²) >= 11 is 0. The first kappa shape index (κ1) is 26.6. The van der Waals surface area contributed by atoms with Gasteiger partial charge in [-0.3, -0.25) is 4.79 Å². The highest BCUT2D eigenvalue weighted by Gasteiger charge is 2.33. The van der Waals surface area contributed by atoms with Gasteiger partial charge in [-0.1, -0.05) is 38.5 Å². The van der Waals surface area contributed by atoms with Gasteiger partial charge in [0.2, 0.25) is 17.4 Å². The minimum Gasteiger partial charge on any atom is -0.744 e. The predicted molar refractivity (Wildman–Crippen MR) is 122 cm³/mol. The molecule has 36 heavy (non-hydrogen) atoms. The van der Waals surface area contributed by atoms with E-state index in [0.29, 0.717) is 16.7 Å². The molecule has 0 aromatic heterocycles. The van der Waals surface area contributed by atoms with Crippen LogP contribution in [0.1, 0.15) is 104 Å². The van der Waals surface area contributed by atoms with Crippen molar-refractivity contribution in [3.8, 4) is 11.5 Å². The van der Waals surface area contributed by atoms with Gasteiger partial charge in [-0.05, 0) is 67.7 Å². The van der Waals surface area contributed by atoms with Crippen LogP contribution in [0, 0.1) is 23.3 Å². The van der Waals surface area contributed by atoms with Crippen molar-refractivity contribution in [1.29, 1.82) is 0 Å². The van der Waals surface area contributed by atoms with Crippen molar-refractivity contribution in [2.75, 3.05) is 0 Å². The third-order valence-electron chi connectivity index (χ3n) is 7.28. The van der Waals surface area contributed by atoms with Crippen molar-refractivity contribution in [2.45, 2.75) is 87.9 Å². The molecule has 0 aliphatic heterocycles. The smallest absolute Gasteiger partial charge is 0.205 e. The molecule has 10 heteroatoms. The van der Waals surface area contributed by atoms with Crippen LogP contribution in [0.4, 0.5) is 17.6 Å². The molecule has 2 aliphatic rings. The first-order valence-electron chi connectivity index (χ1n) is 12.2. The van der Waals surface area contributed by atoms with E-state index in [9.17, 15) is 35.3 Å². The van der Waals surface area contributed by atoms with Crippen LogP contribution in [0.5, 0.6) is 11.5 Å². The lowest BCUT2D eigenvalue weighted by Crippen LogP contribution is -2.15. The Morgan fingerprint density at radius 3 is 1.56 bits per heavy atom. The van der Waals surface area contributed by atoms with Crippen LogP contribution in [-0.4, -0.2) is 18.8 Å². The van der Waals surface area contributed by atoms with Crippen molar-refractivity contribution < 1.29 is 40.1 Å². The van der Waals surface area contributed by atoms with Crippen molar-refractivity contribution in [1.82, 2.24) is 0 Å². The highest BCUT2D eigenvalue weighted by atomic mass is 32.2. The van der Waals surface area contributed by atoms with Crippen LogP contribution in [0.2, 0.25) is 0 Å². The van der Waals surface area contributed by atoms with Gasteiger partial charge in [0.15, 0.2) is 17.4 Å². The second-order valence-electron chi connectivity index (χ2n) is 9.68. The van der Waals surface area contributed by atoms with Crippen molar-refractivity contribution in [2.24, 2.45) is 0 Å². The van der Waals surface area contributed by atoms with E-state index in [1.54, 1.807) is 12.1 Å². The minimum atomic E-state index is -5.84. The number of ether oxygens (including phenoxy) is 1. The number of carbonyl (C=O) groups excluding carboxylic acids is 1. The summed E-state index contributed by atoms with van der Waals surface area (Å²) in [6.45, 7) is 1.41. The summed E-state index contributed by atoms with van der Waals surface area (Å²) in [6, 6.07) is 3.22. The topological polar surface area (TPSA) is 83.5 Å². The summed E-state index contributed by atoms with van der Waals surface area (Å²) in [4.78, 5) is 10.1. The van der Waals surface area contributed by atoms with Gasteiger partial charge in [0, 0.05) is 5.56 Å². The van der Waals surface area contributed by atoms with E-state index in [-0.39, 0.29) is 23.4 Å². The summed E-state index contributed by atoms with van der Waals surface area (Å²) in [7, 11) is -5.84. The molecule has 196 valence electrons. The molecule has 2 aromatic rings. The van der Waals surface area contributed by atoms with Crippen LogP contribution in [0.3, 0.4) is 0 Å². The maximum atomic E-state index is 14.9. The molecule has 0 amide bonds. The molecule has 2 aromatic carbocycles. The van der Waals surface area contributed by atoms with Gasteiger partial charge in [0.05, 0.1) is 0 Å². The number of hydrogen-bond donors (Lipinski definition) is 0. The average molecular weight is 528 g/mol. The number of rotatable bonds is 6. The third-order valence-corrected chi connectivity index (χ3v) is 8.14. The molecule has 0 unspecified atom stereocenters. The average Bonchev–Trinajstić information content (AvgIpc) is 2.85. The second-order valence-corrected chi connectivity index (χ2v) is 11.0. The first-order valence-corrected chi connectivity index (χ1v) is 13.6. The SMILES string of the molecule is CC(=O)c1cc(C2CCCCC2)c(Oc2c(F)c(F)c(S(=O)(=O)[O-])c(F)c2F)c(C2CCCCC2)c1. The van der Waals surface area contributed by atoms with Gasteiger partial charge >= 0.3 is 0 Å². The van der Waals surface area contributed by atoms with Crippen LogP contribution < -0.4 is 4.74 Å². The highest BCUT2D eigenvalue weighted by Crippen LogP contribution is 2.47. The molecule has 2 aliphatic carbocycles. The Kier molecular flexibility index (Phi) is 7.75. The fraction of sp³-hybridized carbons (Fsp3) is 0.500. The normalized spacial score (nSPS) is 17.8. The van der Waals surface area contributed by atoms with Crippen molar-refractivity contribution in [3.63, 3.8) is 0 Å². The van der Waals surface area contributed by atoms with E-state index in [1.807, 2.05) is 0 Å². The van der Waals surface area contributed by atoms with Gasteiger partial charge in [0.25, 0.3) is 0 Å². The predicted octanol–water partition coefficient (Wildman–Crippen LogP) is 7.24. The number of Topliss-reactive ketones (excluding diaryl/α,β-unsaturated/α-hetero) is 1. The summed E-state index contributed by atoms with van der Waals surface area (Å²) in [5.74, 6) is -10.7. The lowest BCUT2D eigenvalue weighted by atomic mass is 9.78. The van der Waals surface area contributed by atoms with E-state index in [2.05, 4.69) is 0 Å². The maximum absolute atomic E-state index is 14.9. The number of halogens is 4. The van der Waals surface area contributed by atoms with Crippen molar-refractivity contribution in [3.05, 3.63) is 52.1 Å². The van der Waals surface area contributed by atoms with E-state index < -0.39 is 44.0 Å². The molecule has 4 rings (SSSR count). The Morgan fingerprint density at radius 2 is 1.19 bits per heavy atom. The molecule has 0 radical (unpaired) electrons. The lowest BCUT2D eigenvalue weighted by molar-refractivity contribution is 0.101. The van der Waals surface area contributed by atoms with Gasteiger partial charge in [-0.15, -0.1) is 0 Å². The Morgan fingerprint density at radius 1 is 0.778 bits per heavy atom. The molecule has 0 spiro atoms. The van der Waals surface area contributed by atoms with Crippen LogP contribution >= 0.6 is 0 Å². The molecule has 2 saturated carbocycles. The van der Waals surface area contributed by atoms with E-state index >= 15 is 0 Å². The van der Waals surface area contributed by atoms with E-state index in [0.717, 1.165) is 64.2 Å². The fourth-order valence-corrected chi connectivity index (χ4v) is 6.05. The largest absolute Gasteiger partial charge is 0.744 e. The van der Waals surface area contributed by atoms with E-state index in [4.69, 9.17) is 4.74 Å².